The molecule has 0 bridgehead atoms. The maximum absolute atomic E-state index is 15.7. The van der Waals surface area contributed by atoms with Gasteiger partial charge in [0.1, 0.15) is 11.5 Å². The molecule has 2 aromatic heterocycles. The summed E-state index contributed by atoms with van der Waals surface area (Å²) in [6, 6.07) is 14.1. The Morgan fingerprint density at radius 1 is 1.00 bits per heavy atom. The minimum atomic E-state index is -0.540. The van der Waals surface area contributed by atoms with E-state index in [1.54, 1.807) is 23.3 Å². The molecule has 0 spiro atoms. The zero-order chi connectivity index (χ0) is 25.8. The average Bonchev–Trinajstić information content (AvgIpc) is 3.39. The molecule has 7 nitrogen and oxygen atoms in total. The molecule has 192 valence electrons. The van der Waals surface area contributed by atoms with Crippen molar-refractivity contribution in [1.82, 2.24) is 24.4 Å². The highest BCUT2D eigenvalue weighted by Gasteiger charge is 2.21. The van der Waals surface area contributed by atoms with E-state index in [-0.39, 0.29) is 11.3 Å². The van der Waals surface area contributed by atoms with Crippen LogP contribution < -0.4 is 14.9 Å². The minimum absolute atomic E-state index is 0.0779. The van der Waals surface area contributed by atoms with E-state index >= 15 is 4.39 Å². The predicted octanol–water partition coefficient (Wildman–Crippen LogP) is 5.22. The Kier molecular flexibility index (Phi) is 7.68. The highest BCUT2D eigenvalue weighted by molar-refractivity contribution is 7.98. The zero-order valence-electron chi connectivity index (χ0n) is 20.8. The van der Waals surface area contributed by atoms with Crippen molar-refractivity contribution < 1.29 is 8.78 Å². The summed E-state index contributed by atoms with van der Waals surface area (Å²) >= 11 is 1.21. The number of halogens is 2. The molecule has 1 aliphatic rings. The molecular weight excluding hydrogens is 492 g/mol. The second-order valence-electron chi connectivity index (χ2n) is 8.78. The standard InChI is InChI=1S/C27H29F2N7S/c1-3-34(2)37-33-25-17-20(28)16-23(26(25)29)24-18-36(32-27(24)19-8-10-30-11-9-19)22-6-4-21(5-7-22)35-14-12-31-13-15-35/h4-11,16-18,31,33H,3,12-15H2,1-2H3. The van der Waals surface area contributed by atoms with Crippen LogP contribution in [0.15, 0.2) is 67.1 Å². The molecule has 4 aromatic rings. The number of hydrogen-bond donors (Lipinski definition) is 2. The Labute approximate surface area is 219 Å². The monoisotopic (exact) mass is 521 g/mol. The summed E-state index contributed by atoms with van der Waals surface area (Å²) in [7, 11) is 1.87. The van der Waals surface area contributed by atoms with Gasteiger partial charge in [0.15, 0.2) is 5.82 Å². The summed E-state index contributed by atoms with van der Waals surface area (Å²) < 4.78 is 37.0. The number of benzene rings is 2. The molecule has 2 aromatic carbocycles. The quantitative estimate of drug-likeness (QED) is 0.309. The summed E-state index contributed by atoms with van der Waals surface area (Å²) in [6.07, 6.45) is 5.07. The molecule has 0 radical (unpaired) electrons. The van der Waals surface area contributed by atoms with Crippen LogP contribution in [-0.4, -0.2) is 58.8 Å². The molecule has 1 aliphatic heterocycles. The number of aromatic nitrogens is 3. The lowest BCUT2D eigenvalue weighted by molar-refractivity contribution is 0.589. The second kappa shape index (κ2) is 11.3. The topological polar surface area (TPSA) is 61.2 Å². The van der Waals surface area contributed by atoms with Crippen molar-refractivity contribution in [3.8, 4) is 28.1 Å². The van der Waals surface area contributed by atoms with Crippen molar-refractivity contribution in [2.24, 2.45) is 0 Å². The lowest BCUT2D eigenvalue weighted by Crippen LogP contribution is -2.43. The van der Waals surface area contributed by atoms with Crippen molar-refractivity contribution in [3.05, 3.63) is 78.8 Å². The Morgan fingerprint density at radius 2 is 1.70 bits per heavy atom. The number of piperazine rings is 1. The Bertz CT molecular complexity index is 1340. The molecular formula is C27H29F2N7S. The lowest BCUT2D eigenvalue weighted by atomic mass is 10.0. The van der Waals surface area contributed by atoms with E-state index in [4.69, 9.17) is 5.10 Å². The number of nitrogens with one attached hydrogen (secondary N) is 2. The zero-order valence-corrected chi connectivity index (χ0v) is 21.6. The summed E-state index contributed by atoms with van der Waals surface area (Å²) in [6.45, 7) is 6.56. The SMILES string of the molecule is CCN(C)SNc1cc(F)cc(-c2cn(-c3ccc(N4CCNCC4)cc3)nc2-c2ccncc2)c1F. The van der Waals surface area contributed by atoms with Gasteiger partial charge in [0.25, 0.3) is 0 Å². The van der Waals surface area contributed by atoms with Gasteiger partial charge in [-0.05, 0) is 49.5 Å². The largest absolute Gasteiger partial charge is 0.369 e. The third-order valence-electron chi connectivity index (χ3n) is 6.35. The van der Waals surface area contributed by atoms with Gasteiger partial charge >= 0.3 is 0 Å². The van der Waals surface area contributed by atoms with Gasteiger partial charge in [-0.15, -0.1) is 0 Å². The first-order valence-electron chi connectivity index (χ1n) is 12.2. The fraction of sp³-hybridized carbons (Fsp3) is 0.259. The molecule has 1 fully saturated rings. The van der Waals surface area contributed by atoms with Gasteiger partial charge in [-0.25, -0.2) is 17.8 Å². The number of hydrogen-bond acceptors (Lipinski definition) is 7. The van der Waals surface area contributed by atoms with Gasteiger partial charge in [0.05, 0.1) is 11.4 Å². The first-order valence-corrected chi connectivity index (χ1v) is 13.0. The Morgan fingerprint density at radius 3 is 2.41 bits per heavy atom. The van der Waals surface area contributed by atoms with E-state index in [2.05, 4.69) is 32.1 Å². The van der Waals surface area contributed by atoms with Crippen molar-refractivity contribution in [2.75, 3.05) is 49.4 Å². The minimum Gasteiger partial charge on any atom is -0.369 e. The fourth-order valence-electron chi connectivity index (χ4n) is 4.22. The van der Waals surface area contributed by atoms with Crippen molar-refractivity contribution in [1.29, 1.82) is 0 Å². The molecule has 0 unspecified atom stereocenters. The molecule has 0 atom stereocenters. The van der Waals surface area contributed by atoms with Crippen LogP contribution in [-0.2, 0) is 0 Å². The Balaban J connectivity index is 1.55. The summed E-state index contributed by atoms with van der Waals surface area (Å²) in [5, 5.41) is 8.16. The molecule has 5 rings (SSSR count). The smallest absolute Gasteiger partial charge is 0.155 e. The van der Waals surface area contributed by atoms with Crippen LogP contribution >= 0.6 is 12.1 Å². The summed E-state index contributed by atoms with van der Waals surface area (Å²) in [5.41, 5.74) is 3.99. The van der Waals surface area contributed by atoms with Crippen molar-refractivity contribution in [3.63, 3.8) is 0 Å². The van der Waals surface area contributed by atoms with Crippen LogP contribution in [0.2, 0.25) is 0 Å². The molecule has 0 saturated carbocycles. The van der Waals surface area contributed by atoms with E-state index in [0.717, 1.165) is 49.7 Å². The van der Waals surface area contributed by atoms with Gasteiger partial charge < -0.3 is 14.9 Å². The second-order valence-corrected chi connectivity index (χ2v) is 9.79. The number of nitrogens with zero attached hydrogens (tertiary/aromatic N) is 5. The first kappa shape index (κ1) is 25.2. The molecule has 1 saturated heterocycles. The third-order valence-corrected chi connectivity index (χ3v) is 7.23. The van der Waals surface area contributed by atoms with E-state index in [1.807, 2.05) is 42.5 Å². The summed E-state index contributed by atoms with van der Waals surface area (Å²) in [4.78, 5) is 6.43. The molecule has 2 N–H and O–H groups in total. The number of anilines is 2. The fourth-order valence-corrected chi connectivity index (χ4v) is 4.75. The normalized spacial score (nSPS) is 13.8. The highest BCUT2D eigenvalue weighted by Crippen LogP contribution is 2.37. The number of rotatable bonds is 8. The van der Waals surface area contributed by atoms with Crippen LogP contribution in [0.5, 0.6) is 0 Å². The molecule has 3 heterocycles. The van der Waals surface area contributed by atoms with Crippen LogP contribution in [0.25, 0.3) is 28.1 Å². The lowest BCUT2D eigenvalue weighted by Gasteiger charge is -2.29. The van der Waals surface area contributed by atoms with E-state index in [9.17, 15) is 4.39 Å². The number of pyridine rings is 1. The van der Waals surface area contributed by atoms with Crippen molar-refractivity contribution in [2.45, 2.75) is 6.92 Å². The maximum atomic E-state index is 15.7. The average molecular weight is 522 g/mol. The molecule has 37 heavy (non-hydrogen) atoms. The Hall–Kier alpha value is -3.47. The van der Waals surface area contributed by atoms with Crippen LogP contribution in [0.3, 0.4) is 0 Å². The van der Waals surface area contributed by atoms with Gasteiger partial charge in [-0.2, -0.15) is 5.10 Å². The van der Waals surface area contributed by atoms with Crippen LogP contribution in [0, 0.1) is 11.6 Å². The van der Waals surface area contributed by atoms with E-state index < -0.39 is 11.6 Å². The predicted molar refractivity (Wildman–Crippen MR) is 147 cm³/mol. The third kappa shape index (κ3) is 5.61. The van der Waals surface area contributed by atoms with Crippen LogP contribution in [0.4, 0.5) is 20.2 Å². The molecule has 0 amide bonds. The first-order chi connectivity index (χ1) is 18.0. The maximum Gasteiger partial charge on any atom is 0.155 e. The van der Waals surface area contributed by atoms with Crippen LogP contribution in [0.1, 0.15) is 6.92 Å². The van der Waals surface area contributed by atoms with E-state index in [1.165, 1.54) is 24.3 Å². The van der Waals surface area contributed by atoms with Gasteiger partial charge in [0, 0.05) is 91.9 Å². The molecule has 10 heteroatoms. The summed E-state index contributed by atoms with van der Waals surface area (Å²) in [5.74, 6) is -1.07. The highest BCUT2D eigenvalue weighted by atomic mass is 32.2. The van der Waals surface area contributed by atoms with Gasteiger partial charge in [-0.3, -0.25) is 4.98 Å². The van der Waals surface area contributed by atoms with Gasteiger partial charge in [0.2, 0.25) is 0 Å². The van der Waals surface area contributed by atoms with Gasteiger partial charge in [-0.1, -0.05) is 6.92 Å². The molecule has 0 aliphatic carbocycles. The van der Waals surface area contributed by atoms with E-state index in [0.29, 0.717) is 11.3 Å². The van der Waals surface area contributed by atoms with Crippen molar-refractivity contribution >= 4 is 23.5 Å².